The standard InChI is InChI=1S/C18H22N4O/c23-18(22-15-8-4-5-9-15)16-12-21-17(13-20-16)19-11-10-14-6-2-1-3-7-14/h1-3,6-7,12-13,15H,4-5,8-11H2,(H,19,21)(H,22,23). The minimum atomic E-state index is -0.125. The van der Waals surface area contributed by atoms with Crippen molar-refractivity contribution in [3.63, 3.8) is 0 Å². The van der Waals surface area contributed by atoms with E-state index in [2.05, 4.69) is 32.7 Å². The summed E-state index contributed by atoms with van der Waals surface area (Å²) in [6.45, 7) is 0.784. The third-order valence-corrected chi connectivity index (χ3v) is 4.14. The summed E-state index contributed by atoms with van der Waals surface area (Å²) in [7, 11) is 0. The van der Waals surface area contributed by atoms with Crippen molar-refractivity contribution in [1.82, 2.24) is 15.3 Å². The third-order valence-electron chi connectivity index (χ3n) is 4.14. The van der Waals surface area contributed by atoms with Crippen LogP contribution in [0.25, 0.3) is 0 Å². The maximum absolute atomic E-state index is 12.1. The van der Waals surface area contributed by atoms with Crippen molar-refractivity contribution in [3.8, 4) is 0 Å². The topological polar surface area (TPSA) is 66.9 Å². The van der Waals surface area contributed by atoms with Crippen LogP contribution in [0.15, 0.2) is 42.7 Å². The Morgan fingerprint density at radius 1 is 1.09 bits per heavy atom. The third kappa shape index (κ3) is 4.52. The quantitative estimate of drug-likeness (QED) is 0.861. The molecule has 0 bridgehead atoms. The average molecular weight is 310 g/mol. The van der Waals surface area contributed by atoms with Gasteiger partial charge in [0.05, 0.1) is 12.4 Å². The Morgan fingerprint density at radius 3 is 2.57 bits per heavy atom. The van der Waals surface area contributed by atoms with Gasteiger partial charge in [0, 0.05) is 12.6 Å². The first-order valence-electron chi connectivity index (χ1n) is 8.22. The lowest BCUT2D eigenvalue weighted by atomic mass is 10.1. The van der Waals surface area contributed by atoms with Crippen LogP contribution in [-0.4, -0.2) is 28.5 Å². The van der Waals surface area contributed by atoms with Crippen LogP contribution in [0.5, 0.6) is 0 Å². The molecular formula is C18H22N4O. The minimum Gasteiger partial charge on any atom is -0.368 e. The predicted octanol–water partition coefficient (Wildman–Crippen LogP) is 2.80. The zero-order valence-corrected chi connectivity index (χ0v) is 13.2. The van der Waals surface area contributed by atoms with E-state index in [0.717, 1.165) is 25.8 Å². The van der Waals surface area contributed by atoms with Gasteiger partial charge in [-0.1, -0.05) is 43.2 Å². The molecule has 5 heteroatoms. The lowest BCUT2D eigenvalue weighted by molar-refractivity contribution is 0.0932. The van der Waals surface area contributed by atoms with E-state index in [1.807, 2.05) is 18.2 Å². The second kappa shape index (κ2) is 7.72. The summed E-state index contributed by atoms with van der Waals surface area (Å²) < 4.78 is 0. The molecule has 120 valence electrons. The molecule has 0 saturated heterocycles. The molecule has 2 N–H and O–H groups in total. The molecule has 0 spiro atoms. The number of anilines is 1. The fourth-order valence-corrected chi connectivity index (χ4v) is 2.85. The van der Waals surface area contributed by atoms with Crippen LogP contribution < -0.4 is 10.6 Å². The van der Waals surface area contributed by atoms with Gasteiger partial charge in [-0.15, -0.1) is 0 Å². The second-order valence-electron chi connectivity index (χ2n) is 5.90. The number of benzene rings is 1. The Kier molecular flexibility index (Phi) is 5.19. The van der Waals surface area contributed by atoms with Crippen molar-refractivity contribution < 1.29 is 4.79 Å². The monoisotopic (exact) mass is 310 g/mol. The van der Waals surface area contributed by atoms with Crippen LogP contribution in [0, 0.1) is 0 Å². The minimum absolute atomic E-state index is 0.125. The molecule has 3 rings (SSSR count). The van der Waals surface area contributed by atoms with Gasteiger partial charge in [0.25, 0.3) is 5.91 Å². The number of carbonyl (C=O) groups is 1. The van der Waals surface area contributed by atoms with Gasteiger partial charge < -0.3 is 10.6 Å². The van der Waals surface area contributed by atoms with Crippen molar-refractivity contribution in [2.75, 3.05) is 11.9 Å². The first kappa shape index (κ1) is 15.5. The molecule has 5 nitrogen and oxygen atoms in total. The van der Waals surface area contributed by atoms with Crippen molar-refractivity contribution >= 4 is 11.7 Å². The van der Waals surface area contributed by atoms with Crippen LogP contribution in [0.3, 0.4) is 0 Å². The van der Waals surface area contributed by atoms with Gasteiger partial charge in [0.2, 0.25) is 0 Å². The van der Waals surface area contributed by atoms with E-state index >= 15 is 0 Å². The van der Waals surface area contributed by atoms with E-state index in [1.165, 1.54) is 24.6 Å². The van der Waals surface area contributed by atoms with E-state index < -0.39 is 0 Å². The van der Waals surface area contributed by atoms with Gasteiger partial charge >= 0.3 is 0 Å². The van der Waals surface area contributed by atoms with Gasteiger partial charge in [0.1, 0.15) is 11.5 Å². The highest BCUT2D eigenvalue weighted by Crippen LogP contribution is 2.17. The SMILES string of the molecule is O=C(NC1CCCC1)c1cnc(NCCc2ccccc2)cn1. The Balaban J connectivity index is 1.47. The zero-order valence-electron chi connectivity index (χ0n) is 13.2. The highest BCUT2D eigenvalue weighted by molar-refractivity contribution is 5.92. The largest absolute Gasteiger partial charge is 0.368 e. The number of aromatic nitrogens is 2. The normalized spacial score (nSPS) is 14.6. The van der Waals surface area contributed by atoms with Gasteiger partial charge in [-0.25, -0.2) is 9.97 Å². The van der Waals surface area contributed by atoms with E-state index in [4.69, 9.17) is 0 Å². The van der Waals surface area contributed by atoms with Crippen molar-refractivity contribution in [2.24, 2.45) is 0 Å². The molecule has 0 unspecified atom stereocenters. The number of nitrogens with zero attached hydrogens (tertiary/aromatic N) is 2. The van der Waals surface area contributed by atoms with Gasteiger partial charge in [-0.3, -0.25) is 4.79 Å². The summed E-state index contributed by atoms with van der Waals surface area (Å²) in [6, 6.07) is 10.6. The Hall–Kier alpha value is -2.43. The smallest absolute Gasteiger partial charge is 0.271 e. The van der Waals surface area contributed by atoms with Crippen LogP contribution in [-0.2, 0) is 6.42 Å². The van der Waals surface area contributed by atoms with Crippen LogP contribution in [0.2, 0.25) is 0 Å². The lowest BCUT2D eigenvalue weighted by Gasteiger charge is -2.11. The molecule has 0 aliphatic heterocycles. The molecule has 1 saturated carbocycles. The summed E-state index contributed by atoms with van der Waals surface area (Å²) in [5.41, 5.74) is 1.66. The van der Waals surface area contributed by atoms with Gasteiger partial charge in [-0.05, 0) is 24.8 Å². The zero-order chi connectivity index (χ0) is 15.9. The number of nitrogens with one attached hydrogen (secondary N) is 2. The number of hydrogen-bond acceptors (Lipinski definition) is 4. The fraction of sp³-hybridized carbons (Fsp3) is 0.389. The van der Waals surface area contributed by atoms with E-state index in [1.54, 1.807) is 6.20 Å². The van der Waals surface area contributed by atoms with Crippen molar-refractivity contribution in [1.29, 1.82) is 0 Å². The highest BCUT2D eigenvalue weighted by Gasteiger charge is 2.18. The molecule has 1 fully saturated rings. The second-order valence-corrected chi connectivity index (χ2v) is 5.90. The first-order valence-corrected chi connectivity index (χ1v) is 8.22. The molecule has 1 heterocycles. The van der Waals surface area contributed by atoms with Gasteiger partial charge in [0.15, 0.2) is 0 Å². The molecule has 1 aromatic carbocycles. The first-order chi connectivity index (χ1) is 11.3. The fourth-order valence-electron chi connectivity index (χ4n) is 2.85. The van der Waals surface area contributed by atoms with Crippen molar-refractivity contribution in [2.45, 2.75) is 38.1 Å². The maximum Gasteiger partial charge on any atom is 0.271 e. The Labute approximate surface area is 136 Å². The van der Waals surface area contributed by atoms with E-state index in [0.29, 0.717) is 17.6 Å². The number of hydrogen-bond donors (Lipinski definition) is 2. The average Bonchev–Trinajstić information content (AvgIpc) is 3.09. The van der Waals surface area contributed by atoms with E-state index in [9.17, 15) is 4.79 Å². The van der Waals surface area contributed by atoms with Crippen LogP contribution in [0.4, 0.5) is 5.82 Å². The molecule has 1 amide bonds. The highest BCUT2D eigenvalue weighted by atomic mass is 16.1. The number of amides is 1. The van der Waals surface area contributed by atoms with Gasteiger partial charge in [-0.2, -0.15) is 0 Å². The lowest BCUT2D eigenvalue weighted by Crippen LogP contribution is -2.33. The molecule has 0 atom stereocenters. The van der Waals surface area contributed by atoms with E-state index in [-0.39, 0.29) is 5.91 Å². The molecule has 2 aromatic rings. The summed E-state index contributed by atoms with van der Waals surface area (Å²) in [5.74, 6) is 0.568. The predicted molar refractivity (Wildman–Crippen MR) is 90.4 cm³/mol. The summed E-state index contributed by atoms with van der Waals surface area (Å²) >= 11 is 0. The Morgan fingerprint density at radius 2 is 1.87 bits per heavy atom. The summed E-state index contributed by atoms with van der Waals surface area (Å²) in [6.07, 6.45) is 8.61. The number of rotatable bonds is 6. The molecular weight excluding hydrogens is 288 g/mol. The molecule has 1 aliphatic carbocycles. The molecule has 0 radical (unpaired) electrons. The number of carbonyl (C=O) groups excluding carboxylic acids is 1. The van der Waals surface area contributed by atoms with Crippen LogP contribution in [0.1, 0.15) is 41.7 Å². The molecule has 1 aliphatic rings. The maximum atomic E-state index is 12.1. The molecule has 1 aromatic heterocycles. The van der Waals surface area contributed by atoms with Crippen LogP contribution >= 0.6 is 0 Å². The summed E-state index contributed by atoms with van der Waals surface area (Å²) in [4.78, 5) is 20.6. The van der Waals surface area contributed by atoms with Crippen molar-refractivity contribution in [3.05, 3.63) is 54.0 Å². The Bertz CT molecular complexity index is 621. The molecule has 23 heavy (non-hydrogen) atoms. The summed E-state index contributed by atoms with van der Waals surface area (Å²) in [5, 5.41) is 6.24.